The van der Waals surface area contributed by atoms with Crippen molar-refractivity contribution in [1.29, 1.82) is 0 Å². The summed E-state index contributed by atoms with van der Waals surface area (Å²) in [6.07, 6.45) is 1.60. The minimum Gasteiger partial charge on any atom is -0.467 e. The van der Waals surface area contributed by atoms with Gasteiger partial charge in [0.2, 0.25) is 5.91 Å². The van der Waals surface area contributed by atoms with E-state index in [-0.39, 0.29) is 12.5 Å². The lowest BCUT2D eigenvalue weighted by Gasteiger charge is -2.10. The fourth-order valence-corrected chi connectivity index (χ4v) is 2.96. The number of aromatic nitrogens is 2. The molecule has 0 aliphatic rings. The van der Waals surface area contributed by atoms with Crippen LogP contribution in [0, 0.1) is 6.92 Å². The van der Waals surface area contributed by atoms with Crippen molar-refractivity contribution in [3.8, 4) is 11.4 Å². The predicted octanol–water partition coefficient (Wildman–Crippen LogP) is 3.92. The second kappa shape index (κ2) is 6.88. The van der Waals surface area contributed by atoms with Crippen LogP contribution in [0.1, 0.15) is 11.3 Å². The third-order valence-corrected chi connectivity index (χ3v) is 4.31. The highest BCUT2D eigenvalue weighted by Crippen LogP contribution is 2.25. The molecule has 0 bridgehead atoms. The van der Waals surface area contributed by atoms with E-state index >= 15 is 0 Å². The molecular weight excluding hydrogens is 326 g/mol. The van der Waals surface area contributed by atoms with Gasteiger partial charge in [-0.1, -0.05) is 42.0 Å². The molecule has 2 heterocycles. The molecule has 5 nitrogen and oxygen atoms in total. The molecule has 4 rings (SSSR count). The van der Waals surface area contributed by atoms with Gasteiger partial charge < -0.3 is 14.3 Å². The molecule has 0 spiro atoms. The van der Waals surface area contributed by atoms with Crippen molar-refractivity contribution in [3.63, 3.8) is 0 Å². The van der Waals surface area contributed by atoms with E-state index in [0.29, 0.717) is 6.54 Å². The molecule has 1 N–H and O–H groups in total. The van der Waals surface area contributed by atoms with Crippen molar-refractivity contribution in [2.45, 2.75) is 20.0 Å². The summed E-state index contributed by atoms with van der Waals surface area (Å²) < 4.78 is 7.22. The Bertz CT molecular complexity index is 1030. The van der Waals surface area contributed by atoms with Crippen molar-refractivity contribution in [2.75, 3.05) is 0 Å². The van der Waals surface area contributed by atoms with Crippen LogP contribution in [0.5, 0.6) is 0 Å². The van der Waals surface area contributed by atoms with Crippen LogP contribution >= 0.6 is 0 Å². The number of carbonyl (C=O) groups is 1. The van der Waals surface area contributed by atoms with Gasteiger partial charge in [0.15, 0.2) is 0 Å². The van der Waals surface area contributed by atoms with E-state index in [1.54, 1.807) is 12.3 Å². The second-order valence-electron chi connectivity index (χ2n) is 6.23. The zero-order valence-electron chi connectivity index (χ0n) is 14.5. The standard InChI is InChI=1S/C21H19N3O2/c1-15-8-10-16(11-9-15)21-23-18-6-2-3-7-19(18)24(21)14-20(25)22-13-17-5-4-12-26-17/h2-12H,13-14H2,1H3,(H,22,25). The van der Waals surface area contributed by atoms with Crippen LogP contribution in [0.4, 0.5) is 0 Å². The lowest BCUT2D eigenvalue weighted by molar-refractivity contribution is -0.121. The number of fused-ring (bicyclic) bond motifs is 1. The Morgan fingerprint density at radius 2 is 1.88 bits per heavy atom. The first-order chi connectivity index (χ1) is 12.7. The lowest BCUT2D eigenvalue weighted by Crippen LogP contribution is -2.27. The quantitative estimate of drug-likeness (QED) is 0.596. The lowest BCUT2D eigenvalue weighted by atomic mass is 10.1. The number of hydrogen-bond donors (Lipinski definition) is 1. The highest BCUT2D eigenvalue weighted by atomic mass is 16.3. The minimum atomic E-state index is -0.0853. The smallest absolute Gasteiger partial charge is 0.240 e. The first-order valence-electron chi connectivity index (χ1n) is 8.52. The largest absolute Gasteiger partial charge is 0.467 e. The zero-order valence-corrected chi connectivity index (χ0v) is 14.5. The minimum absolute atomic E-state index is 0.0853. The number of rotatable bonds is 5. The van der Waals surface area contributed by atoms with Crippen LogP contribution in [0.2, 0.25) is 0 Å². The summed E-state index contributed by atoms with van der Waals surface area (Å²) in [5.41, 5.74) is 4.00. The molecule has 26 heavy (non-hydrogen) atoms. The van der Waals surface area contributed by atoms with Crippen LogP contribution in [0.15, 0.2) is 71.3 Å². The molecule has 0 saturated heterocycles. The number of nitrogens with one attached hydrogen (secondary N) is 1. The van der Waals surface area contributed by atoms with Gasteiger partial charge in [0.25, 0.3) is 0 Å². The number of benzene rings is 2. The average Bonchev–Trinajstić information content (AvgIpc) is 3.29. The van der Waals surface area contributed by atoms with Crippen LogP contribution < -0.4 is 5.32 Å². The van der Waals surface area contributed by atoms with E-state index in [4.69, 9.17) is 9.40 Å². The molecule has 0 radical (unpaired) electrons. The maximum atomic E-state index is 12.5. The summed E-state index contributed by atoms with van der Waals surface area (Å²) in [5.74, 6) is 1.44. The van der Waals surface area contributed by atoms with E-state index in [2.05, 4.69) is 24.4 Å². The molecule has 0 saturated carbocycles. The van der Waals surface area contributed by atoms with Gasteiger partial charge in [-0.05, 0) is 31.2 Å². The molecule has 0 aliphatic heterocycles. The molecule has 4 aromatic rings. The molecular formula is C21H19N3O2. The Labute approximate surface area is 151 Å². The maximum absolute atomic E-state index is 12.5. The summed E-state index contributed by atoms with van der Waals surface area (Å²) in [6.45, 7) is 2.62. The molecule has 0 aliphatic carbocycles. The number of aryl methyl sites for hydroxylation is 1. The summed E-state index contributed by atoms with van der Waals surface area (Å²) in [5, 5.41) is 2.89. The zero-order chi connectivity index (χ0) is 17.9. The number of para-hydroxylation sites is 2. The second-order valence-corrected chi connectivity index (χ2v) is 6.23. The van der Waals surface area contributed by atoms with Crippen molar-refractivity contribution in [2.24, 2.45) is 0 Å². The van der Waals surface area contributed by atoms with Crippen LogP contribution in [0.25, 0.3) is 22.4 Å². The van der Waals surface area contributed by atoms with Crippen LogP contribution in [-0.2, 0) is 17.9 Å². The van der Waals surface area contributed by atoms with Crippen LogP contribution in [0.3, 0.4) is 0 Å². The van der Waals surface area contributed by atoms with Gasteiger partial charge in [0.1, 0.15) is 18.1 Å². The van der Waals surface area contributed by atoms with E-state index < -0.39 is 0 Å². The maximum Gasteiger partial charge on any atom is 0.240 e. The Morgan fingerprint density at radius 3 is 2.65 bits per heavy atom. The van der Waals surface area contributed by atoms with Crippen molar-refractivity contribution in [1.82, 2.24) is 14.9 Å². The van der Waals surface area contributed by atoms with E-state index in [1.807, 2.05) is 47.0 Å². The highest BCUT2D eigenvalue weighted by molar-refractivity contribution is 5.84. The van der Waals surface area contributed by atoms with Gasteiger partial charge in [-0.15, -0.1) is 0 Å². The summed E-state index contributed by atoms with van der Waals surface area (Å²) in [7, 11) is 0. The Hall–Kier alpha value is -3.34. The number of nitrogens with zero attached hydrogens (tertiary/aromatic N) is 2. The normalized spacial score (nSPS) is 11.0. The van der Waals surface area contributed by atoms with Gasteiger partial charge in [-0.25, -0.2) is 4.98 Å². The van der Waals surface area contributed by atoms with Gasteiger partial charge in [-0.3, -0.25) is 4.79 Å². The topological polar surface area (TPSA) is 60.1 Å². The van der Waals surface area contributed by atoms with Gasteiger partial charge >= 0.3 is 0 Å². The number of imidazole rings is 1. The first-order valence-corrected chi connectivity index (χ1v) is 8.52. The molecule has 2 aromatic carbocycles. The Morgan fingerprint density at radius 1 is 1.08 bits per heavy atom. The number of furan rings is 1. The fraction of sp³-hybridized carbons (Fsp3) is 0.143. The van der Waals surface area contributed by atoms with Crippen molar-refractivity contribution >= 4 is 16.9 Å². The number of carbonyl (C=O) groups excluding carboxylic acids is 1. The number of amides is 1. The van der Waals surface area contributed by atoms with Gasteiger partial charge in [-0.2, -0.15) is 0 Å². The van der Waals surface area contributed by atoms with Crippen LogP contribution in [-0.4, -0.2) is 15.5 Å². The molecule has 1 amide bonds. The summed E-state index contributed by atoms with van der Waals surface area (Å²) in [6, 6.07) is 19.7. The summed E-state index contributed by atoms with van der Waals surface area (Å²) >= 11 is 0. The molecule has 0 fully saturated rings. The monoisotopic (exact) mass is 345 g/mol. The van der Waals surface area contributed by atoms with E-state index in [1.165, 1.54) is 5.56 Å². The summed E-state index contributed by atoms with van der Waals surface area (Å²) in [4.78, 5) is 17.2. The third-order valence-electron chi connectivity index (χ3n) is 4.31. The SMILES string of the molecule is Cc1ccc(-c2nc3ccccc3n2CC(=O)NCc2ccco2)cc1. The van der Waals surface area contributed by atoms with Crippen molar-refractivity contribution in [3.05, 3.63) is 78.3 Å². The van der Waals surface area contributed by atoms with E-state index in [0.717, 1.165) is 28.2 Å². The predicted molar refractivity (Wildman–Crippen MR) is 100 cm³/mol. The molecule has 130 valence electrons. The first kappa shape index (κ1) is 16.1. The number of hydrogen-bond acceptors (Lipinski definition) is 3. The molecule has 0 atom stereocenters. The third kappa shape index (κ3) is 3.24. The highest BCUT2D eigenvalue weighted by Gasteiger charge is 2.15. The van der Waals surface area contributed by atoms with E-state index in [9.17, 15) is 4.79 Å². The Kier molecular flexibility index (Phi) is 4.27. The van der Waals surface area contributed by atoms with Gasteiger partial charge in [0, 0.05) is 5.56 Å². The molecule has 0 unspecified atom stereocenters. The Balaban J connectivity index is 1.65. The van der Waals surface area contributed by atoms with Gasteiger partial charge in [0.05, 0.1) is 23.8 Å². The van der Waals surface area contributed by atoms with Crippen molar-refractivity contribution < 1.29 is 9.21 Å². The fourth-order valence-electron chi connectivity index (χ4n) is 2.96. The average molecular weight is 345 g/mol. The molecule has 5 heteroatoms. The molecule has 2 aromatic heterocycles.